The molecule has 0 N–H and O–H groups in total. The van der Waals surface area contributed by atoms with Gasteiger partial charge in [0.25, 0.3) is 11.8 Å². The fourth-order valence-corrected chi connectivity index (χ4v) is 11.2. The second-order valence-electron chi connectivity index (χ2n) is 16.4. The van der Waals surface area contributed by atoms with Crippen molar-refractivity contribution in [3.8, 4) is 0 Å². The molecule has 0 aromatic heterocycles. The molecular weight excluding hydrogens is 1030 g/mol. The van der Waals surface area contributed by atoms with E-state index in [0.29, 0.717) is 55.2 Å². The van der Waals surface area contributed by atoms with Crippen molar-refractivity contribution in [2.24, 2.45) is 0 Å². The molecule has 0 unspecified atom stereocenters. The lowest BCUT2D eigenvalue weighted by Crippen LogP contribution is -2.56. The molecule has 2 aliphatic heterocycles. The van der Waals surface area contributed by atoms with Crippen LogP contribution in [0.15, 0.2) is 121 Å². The number of sulfone groups is 2. The smallest absolute Gasteiger partial charge is 0.308 e. The van der Waals surface area contributed by atoms with Gasteiger partial charge in [-0.2, -0.15) is 0 Å². The van der Waals surface area contributed by atoms with E-state index in [1.807, 2.05) is 12.1 Å². The molecule has 14 nitrogen and oxygen atoms in total. The van der Waals surface area contributed by atoms with Crippen LogP contribution in [-0.4, -0.2) is 100 Å². The largest absolute Gasteiger partial charge is 0.469 e. The van der Waals surface area contributed by atoms with Crippen LogP contribution in [0.2, 0.25) is 20.1 Å². The maximum absolute atomic E-state index is 13.8. The second-order valence-corrected chi connectivity index (χ2v) is 22.1. The van der Waals surface area contributed by atoms with Crippen LogP contribution >= 0.6 is 46.4 Å². The highest BCUT2D eigenvalue weighted by Gasteiger charge is 2.49. The van der Waals surface area contributed by atoms with Crippen LogP contribution in [0.25, 0.3) is 0 Å². The Morgan fingerprint density at radius 2 is 0.929 bits per heavy atom. The van der Waals surface area contributed by atoms with Crippen LogP contribution in [0.3, 0.4) is 0 Å². The van der Waals surface area contributed by atoms with Crippen LogP contribution in [0, 0.1) is 0 Å². The van der Waals surface area contributed by atoms with Crippen molar-refractivity contribution in [1.82, 2.24) is 9.80 Å². The first kappa shape index (κ1) is 56.1. The van der Waals surface area contributed by atoms with E-state index in [1.165, 1.54) is 24.0 Å². The zero-order chi connectivity index (χ0) is 51.5. The zero-order valence-electron chi connectivity index (χ0n) is 38.8. The van der Waals surface area contributed by atoms with Gasteiger partial charge in [-0.1, -0.05) is 122 Å². The molecule has 20 heteroatoms. The van der Waals surface area contributed by atoms with Gasteiger partial charge in [0.15, 0.2) is 19.7 Å². The van der Waals surface area contributed by atoms with Gasteiger partial charge in [-0.05, 0) is 83.6 Å². The van der Waals surface area contributed by atoms with Crippen molar-refractivity contribution in [3.63, 3.8) is 0 Å². The number of halogens is 4. The van der Waals surface area contributed by atoms with Crippen LogP contribution < -0.4 is 0 Å². The Balaban J connectivity index is 0.000000261. The van der Waals surface area contributed by atoms with E-state index in [2.05, 4.69) is 13.2 Å². The summed E-state index contributed by atoms with van der Waals surface area (Å²) in [6.45, 7) is 10.4. The minimum atomic E-state index is -3.65. The molecule has 0 saturated carbocycles. The number of hydrogen-bond donors (Lipinski definition) is 0. The number of ether oxygens (including phenoxy) is 4. The number of nitrogens with zero attached hydrogens (tertiary/aromatic N) is 2. The molecule has 2 amide bonds. The summed E-state index contributed by atoms with van der Waals surface area (Å²) < 4.78 is 72.1. The average molecular weight is 1080 g/mol. The first-order valence-electron chi connectivity index (χ1n) is 22.0. The normalized spacial score (nSPS) is 21.4. The van der Waals surface area contributed by atoms with E-state index >= 15 is 0 Å². The second kappa shape index (κ2) is 25.1. The summed E-state index contributed by atoms with van der Waals surface area (Å²) >= 11 is 24.8. The van der Waals surface area contributed by atoms with E-state index in [1.54, 1.807) is 98.8 Å². The fraction of sp³-hybridized carbons (Fsp3) is 0.360. The number of esters is 2. The lowest BCUT2D eigenvalue weighted by Gasteiger charge is -2.48. The summed E-state index contributed by atoms with van der Waals surface area (Å²) in [7, 11) is -4.86. The molecule has 4 aromatic carbocycles. The Morgan fingerprint density at radius 1 is 0.586 bits per heavy atom. The maximum atomic E-state index is 13.8. The third kappa shape index (κ3) is 14.2. The van der Waals surface area contributed by atoms with Gasteiger partial charge in [-0.15, -0.1) is 0 Å². The van der Waals surface area contributed by atoms with Gasteiger partial charge in [-0.25, -0.2) is 16.8 Å². The number of hydrogen-bond acceptors (Lipinski definition) is 12. The van der Waals surface area contributed by atoms with Gasteiger partial charge in [0.05, 0.1) is 50.7 Å². The van der Waals surface area contributed by atoms with Crippen molar-refractivity contribution >= 4 is 89.8 Å². The lowest BCUT2D eigenvalue weighted by molar-refractivity contribution is -0.183. The Hall–Kier alpha value is -4.78. The number of rotatable bonds is 18. The van der Waals surface area contributed by atoms with Crippen LogP contribution in [0.4, 0.5) is 0 Å². The van der Waals surface area contributed by atoms with E-state index < -0.39 is 92.0 Å². The Bertz CT molecular complexity index is 2560. The number of carbonyl (C=O) groups is 4. The minimum Gasteiger partial charge on any atom is -0.469 e. The summed E-state index contributed by atoms with van der Waals surface area (Å²) in [6.07, 6.45) is -3.79. The number of methoxy groups -OCH3 is 2. The van der Waals surface area contributed by atoms with Crippen LogP contribution in [0.1, 0.15) is 86.1 Å². The minimum absolute atomic E-state index is 0.319. The van der Waals surface area contributed by atoms with E-state index in [0.717, 1.165) is 10.8 Å². The molecule has 2 heterocycles. The molecule has 0 spiro atoms. The molecule has 0 aliphatic carbocycles. The van der Waals surface area contributed by atoms with E-state index in [-0.39, 0.29) is 24.3 Å². The van der Waals surface area contributed by atoms with Crippen LogP contribution in [-0.2, 0) is 57.8 Å². The molecule has 2 fully saturated rings. The van der Waals surface area contributed by atoms with Gasteiger partial charge >= 0.3 is 11.9 Å². The summed E-state index contributed by atoms with van der Waals surface area (Å²) in [4.78, 5) is 54.8. The standard InChI is InChI=1S/2C25H27Cl2NO6S/c2*1-4-20(15-35(31,32)5-2)28-23(16-9-11-18(26)12-10-16)24(17-7-6-8-19(27)13-17)34-21(25(28)30)14-22(29)33-3/h2*5-13,20-21,23-24H,2,4,14-15H2,1,3H3/t20-,21+,23+,24+;20-,21-,23+,24+/m00/s1. The number of morpholine rings is 2. The topological polar surface area (TPSA) is 180 Å². The average Bonchev–Trinajstić information content (AvgIpc) is 3.34. The van der Waals surface area contributed by atoms with E-state index in [4.69, 9.17) is 65.4 Å². The summed E-state index contributed by atoms with van der Waals surface area (Å²) in [6, 6.07) is 25.0. The Morgan fingerprint density at radius 3 is 1.21 bits per heavy atom. The van der Waals surface area contributed by atoms with Crippen molar-refractivity contribution in [2.75, 3.05) is 25.7 Å². The molecule has 8 atom stereocenters. The highest BCUT2D eigenvalue weighted by atomic mass is 35.5. The molecule has 70 heavy (non-hydrogen) atoms. The molecule has 6 rings (SSSR count). The zero-order valence-corrected chi connectivity index (χ0v) is 43.4. The number of amides is 2. The van der Waals surface area contributed by atoms with E-state index in [9.17, 15) is 36.0 Å². The summed E-state index contributed by atoms with van der Waals surface area (Å²) in [5.74, 6) is -2.89. The summed E-state index contributed by atoms with van der Waals surface area (Å²) in [5, 5.41) is 3.72. The Kier molecular flexibility index (Phi) is 20.1. The Labute approximate surface area is 429 Å². The third-order valence-corrected chi connectivity index (χ3v) is 15.6. The van der Waals surface area contributed by atoms with Crippen molar-refractivity contribution < 1.29 is 55.0 Å². The van der Waals surface area contributed by atoms with Gasteiger partial charge < -0.3 is 28.7 Å². The van der Waals surface area contributed by atoms with Gasteiger partial charge in [0, 0.05) is 43.0 Å². The molecule has 2 aliphatic rings. The lowest BCUT2D eigenvalue weighted by atomic mass is 9.89. The van der Waals surface area contributed by atoms with Gasteiger partial charge in [0.1, 0.15) is 24.4 Å². The summed E-state index contributed by atoms with van der Waals surface area (Å²) in [5.41, 5.74) is 2.73. The van der Waals surface area contributed by atoms with Gasteiger partial charge in [-0.3, -0.25) is 19.2 Å². The SMILES string of the molecule is C=CS(=O)(=O)C[C@H](CC)N1C(=O)[C@@H](CC(=O)OC)O[C@H](c2cccc(Cl)c2)[C@H]1c1ccc(Cl)cc1.C=CS(=O)(=O)C[C@H](CC)N1C(=O)[C@H](CC(=O)OC)O[C@H](c2cccc(Cl)c2)[C@H]1c1ccc(Cl)cc1. The first-order valence-corrected chi connectivity index (χ1v) is 26.9. The molecule has 4 aromatic rings. The monoisotopic (exact) mass is 1080 g/mol. The highest BCUT2D eigenvalue weighted by molar-refractivity contribution is 7.94. The molecular formula is C50H54Cl4N2O12S2. The third-order valence-electron chi connectivity index (χ3n) is 11.9. The van der Waals surface area contributed by atoms with Crippen molar-refractivity contribution in [3.05, 3.63) is 163 Å². The predicted octanol–water partition coefficient (Wildman–Crippen LogP) is 9.81. The van der Waals surface area contributed by atoms with Crippen molar-refractivity contribution in [1.29, 1.82) is 0 Å². The molecule has 0 bridgehead atoms. The van der Waals surface area contributed by atoms with Gasteiger partial charge in [0.2, 0.25) is 0 Å². The molecule has 376 valence electrons. The predicted molar refractivity (Wildman–Crippen MR) is 270 cm³/mol. The molecule has 2 saturated heterocycles. The first-order chi connectivity index (χ1) is 33.2. The number of carbonyl (C=O) groups excluding carboxylic acids is 4. The fourth-order valence-electron chi connectivity index (χ4n) is 8.41. The highest BCUT2D eigenvalue weighted by Crippen LogP contribution is 2.46. The molecule has 0 radical (unpaired) electrons. The number of benzene rings is 4. The van der Waals surface area contributed by atoms with Crippen LogP contribution in [0.5, 0.6) is 0 Å². The van der Waals surface area contributed by atoms with Crippen molar-refractivity contribution in [2.45, 2.75) is 88.1 Å². The quantitative estimate of drug-likeness (QED) is 0.0863. The maximum Gasteiger partial charge on any atom is 0.308 e.